The average molecular weight is 500 g/mol. The molecule has 1 aliphatic carbocycles. The van der Waals surface area contributed by atoms with Crippen LogP contribution in [0.2, 0.25) is 10.0 Å². The van der Waals surface area contributed by atoms with Crippen LogP contribution in [0.3, 0.4) is 0 Å². The van der Waals surface area contributed by atoms with Gasteiger partial charge >= 0.3 is 0 Å². The van der Waals surface area contributed by atoms with Gasteiger partial charge in [0.05, 0.1) is 30.2 Å². The predicted octanol–water partition coefficient (Wildman–Crippen LogP) is 5.69. The van der Waals surface area contributed by atoms with E-state index in [2.05, 4.69) is 24.8 Å². The van der Waals surface area contributed by atoms with Crippen LogP contribution in [0.5, 0.6) is 0 Å². The van der Waals surface area contributed by atoms with Crippen molar-refractivity contribution in [3.63, 3.8) is 0 Å². The van der Waals surface area contributed by atoms with Crippen LogP contribution >= 0.6 is 23.2 Å². The second-order valence-electron chi connectivity index (χ2n) is 9.73. The minimum absolute atomic E-state index is 0.111. The molecule has 4 atom stereocenters. The Morgan fingerprint density at radius 3 is 2.82 bits per heavy atom. The minimum Gasteiger partial charge on any atom is -0.395 e. The van der Waals surface area contributed by atoms with Gasteiger partial charge in [-0.05, 0) is 75.3 Å². The highest BCUT2D eigenvalue weighted by Crippen LogP contribution is 2.36. The van der Waals surface area contributed by atoms with Crippen LogP contribution < -0.4 is 0 Å². The lowest BCUT2D eigenvalue weighted by atomic mass is 9.83. The maximum atomic E-state index is 9.77. The fourth-order valence-electron chi connectivity index (χ4n) is 5.67. The Bertz CT molecular complexity index is 1240. The number of fused-ring (bicyclic) bond motifs is 1. The number of hydrogen-bond donors (Lipinski definition) is 1. The molecule has 1 fully saturated rings. The van der Waals surface area contributed by atoms with Crippen LogP contribution in [-0.2, 0) is 0 Å². The van der Waals surface area contributed by atoms with E-state index in [1.807, 2.05) is 29.9 Å². The molecule has 1 aromatic carbocycles. The Hall–Kier alpha value is -1.99. The molecule has 34 heavy (non-hydrogen) atoms. The summed E-state index contributed by atoms with van der Waals surface area (Å²) in [7, 11) is 0. The smallest absolute Gasteiger partial charge is 0.178 e. The van der Waals surface area contributed by atoms with Crippen LogP contribution in [0, 0.1) is 12.8 Å². The second kappa shape index (κ2) is 9.57. The van der Waals surface area contributed by atoms with E-state index in [1.54, 1.807) is 6.07 Å². The second-order valence-corrected chi connectivity index (χ2v) is 10.6. The molecule has 5 rings (SSSR count). The molecule has 0 spiro atoms. The van der Waals surface area contributed by atoms with Crippen molar-refractivity contribution in [3.05, 3.63) is 57.5 Å². The normalized spacial score (nSPS) is 24.5. The van der Waals surface area contributed by atoms with E-state index in [1.165, 1.54) is 12.0 Å². The summed E-state index contributed by atoms with van der Waals surface area (Å²) in [6.07, 6.45) is 8.39. The van der Waals surface area contributed by atoms with Gasteiger partial charge in [0.15, 0.2) is 5.65 Å². The van der Waals surface area contributed by atoms with Crippen molar-refractivity contribution in [3.8, 4) is 0 Å². The summed E-state index contributed by atoms with van der Waals surface area (Å²) in [5, 5.41) is 15.8. The molecule has 0 saturated carbocycles. The molecular weight excluding hydrogens is 469 g/mol. The van der Waals surface area contributed by atoms with E-state index in [0.717, 1.165) is 53.9 Å². The number of benzene rings is 1. The Labute approximate surface area is 210 Å². The lowest BCUT2D eigenvalue weighted by molar-refractivity contribution is 0.0910. The Morgan fingerprint density at radius 1 is 1.26 bits per heavy atom. The number of aryl methyl sites for hydroxylation is 1. The van der Waals surface area contributed by atoms with E-state index in [4.69, 9.17) is 38.3 Å². The number of halogens is 2. The van der Waals surface area contributed by atoms with Gasteiger partial charge in [0, 0.05) is 22.1 Å². The summed E-state index contributed by atoms with van der Waals surface area (Å²) in [6.45, 7) is 7.67. The summed E-state index contributed by atoms with van der Waals surface area (Å²) >= 11 is 12.6. The van der Waals surface area contributed by atoms with E-state index in [-0.39, 0.29) is 12.6 Å². The molecule has 180 valence electrons. The molecule has 6 nitrogen and oxygen atoms in total. The summed E-state index contributed by atoms with van der Waals surface area (Å²) in [4.78, 5) is 12.3. The Kier molecular flexibility index (Phi) is 6.68. The van der Waals surface area contributed by atoms with Gasteiger partial charge in [-0.15, -0.1) is 0 Å². The van der Waals surface area contributed by atoms with Gasteiger partial charge in [0.2, 0.25) is 0 Å². The van der Waals surface area contributed by atoms with Crippen molar-refractivity contribution in [1.29, 1.82) is 0 Å². The predicted molar refractivity (Wildman–Crippen MR) is 137 cm³/mol. The third-order valence-corrected chi connectivity index (χ3v) is 8.11. The maximum absolute atomic E-state index is 9.77. The zero-order chi connectivity index (χ0) is 24.0. The molecule has 0 bridgehead atoms. The third kappa shape index (κ3) is 4.26. The van der Waals surface area contributed by atoms with Crippen LogP contribution in [0.1, 0.15) is 62.5 Å². The summed E-state index contributed by atoms with van der Waals surface area (Å²) in [5.41, 5.74) is 5.52. The van der Waals surface area contributed by atoms with Gasteiger partial charge < -0.3 is 5.11 Å². The average Bonchev–Trinajstić information content (AvgIpc) is 3.42. The van der Waals surface area contributed by atoms with Crippen molar-refractivity contribution in [1.82, 2.24) is 24.6 Å². The van der Waals surface area contributed by atoms with Gasteiger partial charge in [0.25, 0.3) is 0 Å². The molecular formula is C26H31Cl2N5O. The fraction of sp³-hybridized carbons (Fsp3) is 0.500. The van der Waals surface area contributed by atoms with Crippen molar-refractivity contribution in [2.24, 2.45) is 5.92 Å². The maximum Gasteiger partial charge on any atom is 0.178 e. The molecule has 2 aromatic heterocycles. The number of hydrogen-bond acceptors (Lipinski definition) is 5. The summed E-state index contributed by atoms with van der Waals surface area (Å²) in [6, 6.07) is 6.22. The highest BCUT2D eigenvalue weighted by atomic mass is 35.5. The summed E-state index contributed by atoms with van der Waals surface area (Å²) in [5.74, 6) is 0.489. The topological polar surface area (TPSA) is 67.1 Å². The van der Waals surface area contributed by atoms with Crippen LogP contribution in [0.25, 0.3) is 16.7 Å². The van der Waals surface area contributed by atoms with Gasteiger partial charge in [-0.1, -0.05) is 42.3 Å². The van der Waals surface area contributed by atoms with Crippen molar-refractivity contribution < 1.29 is 5.11 Å². The number of rotatable bonds is 5. The van der Waals surface area contributed by atoms with Crippen LogP contribution in [-0.4, -0.2) is 55.0 Å². The highest BCUT2D eigenvalue weighted by molar-refractivity contribution is 6.35. The number of allylic oxidation sites excluding steroid dienone is 1. The van der Waals surface area contributed by atoms with Gasteiger partial charge in [-0.2, -0.15) is 5.10 Å². The standard InChI is InChI=1S/C26H31Cl2N5O/c1-15-11-18(6-9-24(15)32-10-4-5-20(32)14-34)23-13-29-25-16(2)31-33(26(25)30-23)17(3)21-8-7-19(27)12-22(21)28/h6-8,12-13,15,17,20,24,34H,4-5,9-11,14H2,1-3H3/t15?,17?,20-,24?/m0/s1. The molecule has 1 aliphatic heterocycles. The third-order valence-electron chi connectivity index (χ3n) is 7.54. The van der Waals surface area contributed by atoms with Crippen molar-refractivity contribution >= 4 is 39.9 Å². The highest BCUT2D eigenvalue weighted by Gasteiger charge is 2.35. The first-order valence-electron chi connectivity index (χ1n) is 12.1. The number of aliphatic hydroxyl groups excluding tert-OH is 1. The van der Waals surface area contributed by atoms with Crippen molar-refractivity contribution in [2.45, 2.75) is 64.6 Å². The molecule has 2 aliphatic rings. The lowest BCUT2D eigenvalue weighted by Crippen LogP contribution is -2.45. The fourth-order valence-corrected chi connectivity index (χ4v) is 6.24. The quantitative estimate of drug-likeness (QED) is 0.488. The number of aromatic nitrogens is 4. The van der Waals surface area contributed by atoms with Crippen LogP contribution in [0.15, 0.2) is 30.5 Å². The Balaban J connectivity index is 1.46. The first-order valence-corrected chi connectivity index (χ1v) is 12.9. The molecule has 3 aromatic rings. The Morgan fingerprint density at radius 2 is 2.09 bits per heavy atom. The summed E-state index contributed by atoms with van der Waals surface area (Å²) < 4.78 is 1.92. The number of likely N-dealkylation sites (tertiary alicyclic amines) is 1. The largest absolute Gasteiger partial charge is 0.395 e. The SMILES string of the molecule is Cc1nn(C(C)c2ccc(Cl)cc2Cl)c2nc(C3=CCC(N4CCC[C@H]4CO)C(C)C3)cnc12. The lowest BCUT2D eigenvalue weighted by Gasteiger charge is -2.38. The van der Waals surface area contributed by atoms with E-state index in [0.29, 0.717) is 28.0 Å². The minimum atomic E-state index is -0.111. The monoisotopic (exact) mass is 499 g/mol. The molecule has 1 saturated heterocycles. The first kappa shape index (κ1) is 23.7. The molecule has 0 amide bonds. The molecule has 0 radical (unpaired) electrons. The van der Waals surface area contributed by atoms with Gasteiger partial charge in [-0.3, -0.25) is 4.90 Å². The van der Waals surface area contributed by atoms with Crippen LogP contribution in [0.4, 0.5) is 0 Å². The van der Waals surface area contributed by atoms with Gasteiger partial charge in [0.1, 0.15) is 5.52 Å². The van der Waals surface area contributed by atoms with E-state index >= 15 is 0 Å². The van der Waals surface area contributed by atoms with Crippen molar-refractivity contribution in [2.75, 3.05) is 13.2 Å². The van der Waals surface area contributed by atoms with E-state index < -0.39 is 0 Å². The first-order chi connectivity index (χ1) is 16.4. The zero-order valence-corrected chi connectivity index (χ0v) is 21.4. The molecule has 1 N–H and O–H groups in total. The molecule has 3 heterocycles. The zero-order valence-electron chi connectivity index (χ0n) is 19.9. The number of aliphatic hydroxyl groups is 1. The van der Waals surface area contributed by atoms with E-state index in [9.17, 15) is 5.11 Å². The molecule has 8 heteroatoms. The molecule has 3 unspecified atom stereocenters. The number of nitrogens with zero attached hydrogens (tertiary/aromatic N) is 5. The van der Waals surface area contributed by atoms with Gasteiger partial charge in [-0.25, -0.2) is 14.6 Å².